The van der Waals surface area contributed by atoms with Crippen LogP contribution in [-0.4, -0.2) is 24.0 Å². The number of hydrogen-bond donors (Lipinski definition) is 2. The van der Waals surface area contributed by atoms with Crippen molar-refractivity contribution in [2.45, 2.75) is 69.5 Å². The van der Waals surface area contributed by atoms with E-state index in [1.54, 1.807) is 0 Å². The molecule has 3 aliphatic rings. The second kappa shape index (κ2) is 7.63. The summed E-state index contributed by atoms with van der Waals surface area (Å²) >= 11 is 0. The van der Waals surface area contributed by atoms with Crippen molar-refractivity contribution in [1.29, 1.82) is 5.26 Å². The molecule has 136 valence electrons. The second-order valence-electron chi connectivity index (χ2n) is 7.98. The number of nitrogens with one attached hydrogen (secondary N) is 2. The first-order valence-electron chi connectivity index (χ1n) is 9.97. The molecule has 2 bridgehead atoms. The van der Waals surface area contributed by atoms with Gasteiger partial charge in [-0.25, -0.2) is 0 Å². The van der Waals surface area contributed by atoms with E-state index in [0.717, 1.165) is 24.8 Å². The molecule has 1 heterocycles. The first-order valence-corrected chi connectivity index (χ1v) is 9.97. The lowest BCUT2D eigenvalue weighted by molar-refractivity contribution is -0.124. The number of benzene rings is 1. The maximum atomic E-state index is 12.5. The predicted molar refractivity (Wildman–Crippen MR) is 102 cm³/mol. The summed E-state index contributed by atoms with van der Waals surface area (Å²) < 4.78 is 0. The van der Waals surface area contributed by atoms with Crippen molar-refractivity contribution in [3.05, 3.63) is 41.5 Å². The Kier molecular flexibility index (Phi) is 5.08. The Morgan fingerprint density at radius 2 is 2.12 bits per heavy atom. The van der Waals surface area contributed by atoms with Gasteiger partial charge >= 0.3 is 0 Å². The van der Waals surface area contributed by atoms with Crippen LogP contribution < -0.4 is 10.6 Å². The van der Waals surface area contributed by atoms with Crippen LogP contribution in [0, 0.1) is 17.2 Å². The fourth-order valence-electron chi connectivity index (χ4n) is 4.73. The highest BCUT2D eigenvalue weighted by molar-refractivity contribution is 5.83. The highest BCUT2D eigenvalue weighted by atomic mass is 16.2. The van der Waals surface area contributed by atoms with Gasteiger partial charge in [0.2, 0.25) is 5.91 Å². The van der Waals surface area contributed by atoms with E-state index < -0.39 is 6.04 Å². The number of carbonyl (C=O) groups excluding carboxylic acids is 1. The van der Waals surface area contributed by atoms with Gasteiger partial charge in [0.05, 0.1) is 12.1 Å². The van der Waals surface area contributed by atoms with E-state index in [0.29, 0.717) is 18.4 Å². The van der Waals surface area contributed by atoms with Gasteiger partial charge in [-0.2, -0.15) is 5.26 Å². The summed E-state index contributed by atoms with van der Waals surface area (Å²) in [5.74, 6) is 0.440. The van der Waals surface area contributed by atoms with Gasteiger partial charge in [-0.3, -0.25) is 4.79 Å². The maximum Gasteiger partial charge on any atom is 0.238 e. The van der Waals surface area contributed by atoms with Gasteiger partial charge < -0.3 is 10.6 Å². The minimum Gasteiger partial charge on any atom is -0.339 e. The van der Waals surface area contributed by atoms with E-state index in [2.05, 4.69) is 47.0 Å². The molecule has 0 unspecified atom stereocenters. The molecule has 26 heavy (non-hydrogen) atoms. The summed E-state index contributed by atoms with van der Waals surface area (Å²) in [6.07, 6.45) is 11.2. The van der Waals surface area contributed by atoms with Gasteiger partial charge in [0.25, 0.3) is 0 Å². The number of nitriles is 1. The Morgan fingerprint density at radius 3 is 2.73 bits per heavy atom. The van der Waals surface area contributed by atoms with Gasteiger partial charge in [0.1, 0.15) is 6.04 Å². The molecule has 1 aromatic rings. The molecule has 4 heteroatoms. The number of hydrogen-bond acceptors (Lipinski definition) is 3. The van der Waals surface area contributed by atoms with Crippen molar-refractivity contribution < 1.29 is 4.79 Å². The molecule has 4 nitrogen and oxygen atoms in total. The third-order valence-electron chi connectivity index (χ3n) is 6.17. The summed E-state index contributed by atoms with van der Waals surface area (Å²) in [5, 5.41) is 15.8. The molecule has 2 N–H and O–H groups in total. The summed E-state index contributed by atoms with van der Waals surface area (Å²) in [7, 11) is 0. The largest absolute Gasteiger partial charge is 0.339 e. The van der Waals surface area contributed by atoms with Gasteiger partial charge in [0, 0.05) is 12.5 Å². The Hall–Kier alpha value is -2.12. The minimum atomic E-state index is -0.469. The van der Waals surface area contributed by atoms with E-state index in [-0.39, 0.29) is 11.9 Å². The zero-order valence-electron chi connectivity index (χ0n) is 15.2. The Balaban J connectivity index is 1.35. The third kappa shape index (κ3) is 3.68. The van der Waals surface area contributed by atoms with Crippen LogP contribution in [0.1, 0.15) is 56.1 Å². The fraction of sp³-hybridized carbons (Fsp3) is 0.545. The quantitative estimate of drug-likeness (QED) is 0.857. The molecule has 0 aromatic heterocycles. The Morgan fingerprint density at radius 1 is 1.27 bits per heavy atom. The summed E-state index contributed by atoms with van der Waals surface area (Å²) in [6, 6.07) is 10.7. The smallest absolute Gasteiger partial charge is 0.238 e. The van der Waals surface area contributed by atoms with Crippen LogP contribution >= 0.6 is 0 Å². The van der Waals surface area contributed by atoms with Crippen molar-refractivity contribution in [2.75, 3.05) is 0 Å². The van der Waals surface area contributed by atoms with Crippen LogP contribution in [0.2, 0.25) is 0 Å². The lowest BCUT2D eigenvalue weighted by Gasteiger charge is -2.23. The first kappa shape index (κ1) is 17.3. The fourth-order valence-corrected chi connectivity index (χ4v) is 4.73. The number of nitrogens with zero attached hydrogens (tertiary/aromatic N) is 1. The SMILES string of the molecule is N#C[C@H](Cc1ccc(C2=CCCCC2)cc1)NC(=O)[C@H]1N[C@@H]2CC[C@@H]1C2. The lowest BCUT2D eigenvalue weighted by Crippen LogP contribution is -2.50. The number of amides is 1. The van der Waals surface area contributed by atoms with Gasteiger partial charge in [-0.05, 0) is 67.6 Å². The standard InChI is InChI=1S/C22H27N3O/c23-14-20(25-22(26)21-18-10-11-19(13-18)24-21)12-15-6-8-17(9-7-15)16-4-2-1-3-5-16/h4,6-9,18-21,24H,1-3,5,10-13H2,(H,25,26)/t18-,19-,20+,21+/m1/s1. The molecule has 4 atom stereocenters. The molecule has 1 amide bonds. The van der Waals surface area contributed by atoms with E-state index >= 15 is 0 Å². The van der Waals surface area contributed by atoms with Gasteiger partial charge in [0.15, 0.2) is 0 Å². The normalized spacial score (nSPS) is 28.3. The van der Waals surface area contributed by atoms with Crippen LogP contribution in [0.4, 0.5) is 0 Å². The highest BCUT2D eigenvalue weighted by Gasteiger charge is 2.43. The molecule has 0 radical (unpaired) electrons. The molecular weight excluding hydrogens is 322 g/mol. The molecule has 1 saturated heterocycles. The minimum absolute atomic E-state index is 0.00673. The zero-order chi connectivity index (χ0) is 17.9. The molecule has 2 aliphatic carbocycles. The van der Waals surface area contributed by atoms with Crippen LogP contribution in [-0.2, 0) is 11.2 Å². The van der Waals surface area contributed by atoms with Crippen LogP contribution in [0.5, 0.6) is 0 Å². The summed E-state index contributed by atoms with van der Waals surface area (Å²) in [6.45, 7) is 0. The van der Waals surface area contributed by atoms with E-state index in [9.17, 15) is 10.1 Å². The lowest BCUT2D eigenvalue weighted by atomic mass is 9.92. The molecule has 2 fully saturated rings. The zero-order valence-corrected chi connectivity index (χ0v) is 15.2. The number of fused-ring (bicyclic) bond motifs is 2. The summed E-state index contributed by atoms with van der Waals surface area (Å²) in [5.41, 5.74) is 3.82. The van der Waals surface area contributed by atoms with Gasteiger partial charge in [-0.15, -0.1) is 0 Å². The highest BCUT2D eigenvalue weighted by Crippen LogP contribution is 2.35. The van der Waals surface area contributed by atoms with Crippen molar-refractivity contribution in [1.82, 2.24) is 10.6 Å². The number of piperidine rings is 1. The van der Waals surface area contributed by atoms with Crippen LogP contribution in [0.15, 0.2) is 30.3 Å². The number of allylic oxidation sites excluding steroid dienone is 2. The van der Waals surface area contributed by atoms with Crippen molar-refractivity contribution in [2.24, 2.45) is 5.92 Å². The third-order valence-corrected chi connectivity index (χ3v) is 6.17. The first-order chi connectivity index (χ1) is 12.7. The van der Waals surface area contributed by atoms with E-state index in [1.165, 1.54) is 36.8 Å². The monoisotopic (exact) mass is 349 g/mol. The van der Waals surface area contributed by atoms with Gasteiger partial charge in [-0.1, -0.05) is 30.3 Å². The second-order valence-corrected chi connectivity index (χ2v) is 7.98. The Labute approximate surface area is 155 Å². The summed E-state index contributed by atoms with van der Waals surface area (Å²) in [4.78, 5) is 12.5. The van der Waals surface area contributed by atoms with Crippen LogP contribution in [0.3, 0.4) is 0 Å². The molecular formula is C22H27N3O. The molecule has 1 aliphatic heterocycles. The molecule has 1 saturated carbocycles. The van der Waals surface area contributed by atoms with Crippen molar-refractivity contribution >= 4 is 11.5 Å². The number of carbonyl (C=O) groups is 1. The van der Waals surface area contributed by atoms with Crippen molar-refractivity contribution in [3.63, 3.8) is 0 Å². The van der Waals surface area contributed by atoms with E-state index in [4.69, 9.17) is 0 Å². The molecule has 4 rings (SSSR count). The number of rotatable bonds is 5. The average molecular weight is 349 g/mol. The maximum absolute atomic E-state index is 12.5. The predicted octanol–water partition coefficient (Wildman–Crippen LogP) is 3.34. The topological polar surface area (TPSA) is 64.9 Å². The molecule has 1 aromatic carbocycles. The average Bonchev–Trinajstić information content (AvgIpc) is 3.32. The molecule has 0 spiro atoms. The van der Waals surface area contributed by atoms with Crippen LogP contribution in [0.25, 0.3) is 5.57 Å². The Bertz CT molecular complexity index is 731. The van der Waals surface area contributed by atoms with Crippen molar-refractivity contribution in [3.8, 4) is 6.07 Å². The van der Waals surface area contributed by atoms with E-state index in [1.807, 2.05) is 0 Å².